The second kappa shape index (κ2) is 10.5. The summed E-state index contributed by atoms with van der Waals surface area (Å²) in [6, 6.07) is 21.8. The quantitative estimate of drug-likeness (QED) is 0.466. The molecule has 4 rings (SSSR count). The standard InChI is InChI=1S/C28H30N2O5/c1-5-35-25-9-7-6-8-24(25)29(2)28(32)23-18-26(31)30(20-12-16-22(34-4)17-13-20)27(23)19-10-14-21(33-3)15-11-19/h6-17,23,27H,5,18H2,1-4H3/t23-,27+/m0/s1. The van der Waals surface area contributed by atoms with Crippen LogP contribution in [-0.2, 0) is 9.59 Å². The van der Waals surface area contributed by atoms with E-state index >= 15 is 0 Å². The highest BCUT2D eigenvalue weighted by molar-refractivity contribution is 6.05. The van der Waals surface area contributed by atoms with E-state index in [2.05, 4.69) is 0 Å². The van der Waals surface area contributed by atoms with E-state index in [0.29, 0.717) is 35.2 Å². The Hall–Kier alpha value is -4.00. The zero-order valence-corrected chi connectivity index (χ0v) is 20.4. The highest BCUT2D eigenvalue weighted by Gasteiger charge is 2.46. The van der Waals surface area contributed by atoms with Crippen LogP contribution in [0.1, 0.15) is 24.9 Å². The Kier molecular flexibility index (Phi) is 7.25. The fourth-order valence-electron chi connectivity index (χ4n) is 4.56. The number of carbonyl (C=O) groups excluding carboxylic acids is 2. The number of methoxy groups -OCH3 is 2. The number of carbonyl (C=O) groups is 2. The fraction of sp³-hybridized carbons (Fsp3) is 0.286. The smallest absolute Gasteiger partial charge is 0.232 e. The molecule has 0 unspecified atom stereocenters. The van der Waals surface area contributed by atoms with Crippen molar-refractivity contribution in [1.29, 1.82) is 0 Å². The van der Waals surface area contributed by atoms with Gasteiger partial charge >= 0.3 is 0 Å². The van der Waals surface area contributed by atoms with Crippen LogP contribution in [0.5, 0.6) is 17.2 Å². The normalized spacial score (nSPS) is 17.3. The molecule has 1 aliphatic rings. The lowest BCUT2D eigenvalue weighted by atomic mass is 9.92. The van der Waals surface area contributed by atoms with Crippen molar-refractivity contribution >= 4 is 23.2 Å². The van der Waals surface area contributed by atoms with Crippen LogP contribution in [0.4, 0.5) is 11.4 Å². The molecule has 2 atom stereocenters. The van der Waals surface area contributed by atoms with Crippen LogP contribution in [0.15, 0.2) is 72.8 Å². The number of ether oxygens (including phenoxy) is 3. The topological polar surface area (TPSA) is 68.3 Å². The van der Waals surface area contributed by atoms with Crippen LogP contribution in [0.2, 0.25) is 0 Å². The van der Waals surface area contributed by atoms with E-state index in [1.54, 1.807) is 31.1 Å². The molecule has 3 aromatic rings. The third kappa shape index (κ3) is 4.80. The number of benzene rings is 3. The molecule has 7 nitrogen and oxygen atoms in total. The lowest BCUT2D eigenvalue weighted by Gasteiger charge is -2.31. The maximum atomic E-state index is 13.9. The minimum absolute atomic E-state index is 0.0999. The van der Waals surface area contributed by atoms with Crippen molar-refractivity contribution in [3.05, 3.63) is 78.4 Å². The maximum Gasteiger partial charge on any atom is 0.232 e. The van der Waals surface area contributed by atoms with Gasteiger partial charge in [-0.2, -0.15) is 0 Å². The predicted molar refractivity (Wildman–Crippen MR) is 135 cm³/mol. The molecule has 1 heterocycles. The van der Waals surface area contributed by atoms with Gasteiger partial charge < -0.3 is 24.0 Å². The molecule has 0 N–H and O–H groups in total. The van der Waals surface area contributed by atoms with Crippen molar-refractivity contribution < 1.29 is 23.8 Å². The molecule has 0 aliphatic carbocycles. The van der Waals surface area contributed by atoms with E-state index in [1.807, 2.05) is 79.7 Å². The SMILES string of the molecule is CCOc1ccccc1N(C)C(=O)[C@H]1CC(=O)N(c2ccc(OC)cc2)[C@@H]1c1ccc(OC)cc1. The van der Waals surface area contributed by atoms with E-state index in [1.165, 1.54) is 0 Å². The molecule has 3 aromatic carbocycles. The summed E-state index contributed by atoms with van der Waals surface area (Å²) in [5.41, 5.74) is 2.24. The van der Waals surface area contributed by atoms with Gasteiger partial charge in [-0.05, 0) is 61.0 Å². The van der Waals surface area contributed by atoms with Gasteiger partial charge in [0.05, 0.1) is 38.5 Å². The van der Waals surface area contributed by atoms with Crippen LogP contribution in [0, 0.1) is 5.92 Å². The van der Waals surface area contributed by atoms with Crippen molar-refractivity contribution in [2.45, 2.75) is 19.4 Å². The third-order valence-corrected chi connectivity index (χ3v) is 6.30. The Morgan fingerprint density at radius 2 is 1.54 bits per heavy atom. The van der Waals surface area contributed by atoms with Gasteiger partial charge in [-0.25, -0.2) is 0 Å². The summed E-state index contributed by atoms with van der Waals surface area (Å²) in [4.78, 5) is 30.5. The molecule has 2 amide bonds. The van der Waals surface area contributed by atoms with E-state index < -0.39 is 12.0 Å². The molecular weight excluding hydrogens is 444 g/mol. The summed E-state index contributed by atoms with van der Waals surface area (Å²) >= 11 is 0. The summed E-state index contributed by atoms with van der Waals surface area (Å²) in [5.74, 6) is 1.19. The Balaban J connectivity index is 1.74. The van der Waals surface area contributed by atoms with Gasteiger partial charge in [0.15, 0.2) is 0 Å². The average Bonchev–Trinajstić information content (AvgIpc) is 3.25. The molecule has 0 radical (unpaired) electrons. The van der Waals surface area contributed by atoms with Gasteiger partial charge in [0.25, 0.3) is 0 Å². The molecule has 0 saturated carbocycles. The second-order valence-corrected chi connectivity index (χ2v) is 8.29. The fourth-order valence-corrected chi connectivity index (χ4v) is 4.56. The zero-order valence-electron chi connectivity index (χ0n) is 20.4. The molecule has 0 aromatic heterocycles. The molecule has 0 spiro atoms. The second-order valence-electron chi connectivity index (χ2n) is 8.29. The van der Waals surface area contributed by atoms with Crippen molar-refractivity contribution in [1.82, 2.24) is 0 Å². The molecule has 1 fully saturated rings. The number of hydrogen-bond donors (Lipinski definition) is 0. The number of para-hydroxylation sites is 2. The van der Waals surface area contributed by atoms with Gasteiger partial charge in [-0.15, -0.1) is 0 Å². The Morgan fingerprint density at radius 3 is 2.14 bits per heavy atom. The van der Waals surface area contributed by atoms with Crippen LogP contribution in [0.3, 0.4) is 0 Å². The number of nitrogens with zero attached hydrogens (tertiary/aromatic N) is 2. The van der Waals surface area contributed by atoms with Gasteiger partial charge in [-0.3, -0.25) is 9.59 Å². The van der Waals surface area contributed by atoms with Gasteiger partial charge in [0.1, 0.15) is 17.2 Å². The molecule has 0 bridgehead atoms. The van der Waals surface area contributed by atoms with E-state index in [9.17, 15) is 9.59 Å². The highest BCUT2D eigenvalue weighted by atomic mass is 16.5. The van der Waals surface area contributed by atoms with Crippen LogP contribution >= 0.6 is 0 Å². The minimum Gasteiger partial charge on any atom is -0.497 e. The van der Waals surface area contributed by atoms with Crippen molar-refractivity contribution in [3.63, 3.8) is 0 Å². The van der Waals surface area contributed by atoms with Gasteiger partial charge in [-0.1, -0.05) is 24.3 Å². The van der Waals surface area contributed by atoms with E-state index in [-0.39, 0.29) is 18.2 Å². The summed E-state index contributed by atoms with van der Waals surface area (Å²) in [7, 11) is 4.93. The number of anilines is 2. The Morgan fingerprint density at radius 1 is 0.943 bits per heavy atom. The van der Waals surface area contributed by atoms with Crippen LogP contribution in [0.25, 0.3) is 0 Å². The van der Waals surface area contributed by atoms with Crippen molar-refractivity contribution in [2.75, 3.05) is 37.7 Å². The summed E-state index contributed by atoms with van der Waals surface area (Å²) in [6.45, 7) is 2.39. The van der Waals surface area contributed by atoms with Gasteiger partial charge in [0.2, 0.25) is 11.8 Å². The third-order valence-electron chi connectivity index (χ3n) is 6.30. The number of hydrogen-bond acceptors (Lipinski definition) is 5. The lowest BCUT2D eigenvalue weighted by molar-refractivity contribution is -0.124. The zero-order chi connectivity index (χ0) is 24.9. The molecule has 35 heavy (non-hydrogen) atoms. The summed E-state index contributed by atoms with van der Waals surface area (Å²) in [6.07, 6.45) is 0.0999. The first-order chi connectivity index (χ1) is 17.0. The van der Waals surface area contributed by atoms with Crippen molar-refractivity contribution in [3.8, 4) is 17.2 Å². The average molecular weight is 475 g/mol. The summed E-state index contributed by atoms with van der Waals surface area (Å²) < 4.78 is 16.3. The maximum absolute atomic E-state index is 13.9. The van der Waals surface area contributed by atoms with Gasteiger partial charge in [0, 0.05) is 19.2 Å². The Bertz CT molecular complexity index is 1180. The molecule has 1 aliphatic heterocycles. The monoisotopic (exact) mass is 474 g/mol. The highest BCUT2D eigenvalue weighted by Crippen LogP contribution is 2.43. The molecule has 1 saturated heterocycles. The largest absolute Gasteiger partial charge is 0.497 e. The number of amides is 2. The first-order valence-corrected chi connectivity index (χ1v) is 11.6. The first kappa shape index (κ1) is 24.1. The Labute approximate surface area is 205 Å². The number of rotatable bonds is 8. The van der Waals surface area contributed by atoms with Crippen LogP contribution in [-0.4, -0.2) is 39.7 Å². The first-order valence-electron chi connectivity index (χ1n) is 11.6. The minimum atomic E-state index is -0.585. The lowest BCUT2D eigenvalue weighted by Crippen LogP contribution is -2.37. The van der Waals surface area contributed by atoms with E-state index in [4.69, 9.17) is 14.2 Å². The van der Waals surface area contributed by atoms with Crippen molar-refractivity contribution in [2.24, 2.45) is 5.92 Å². The predicted octanol–water partition coefficient (Wildman–Crippen LogP) is 4.86. The van der Waals surface area contributed by atoms with E-state index in [0.717, 1.165) is 5.56 Å². The molecule has 7 heteroatoms. The summed E-state index contributed by atoms with van der Waals surface area (Å²) in [5, 5.41) is 0. The molecular formula is C28H30N2O5. The van der Waals surface area contributed by atoms with Crippen LogP contribution < -0.4 is 24.0 Å². The molecule has 182 valence electrons.